The molecule has 122 valence electrons. The molecule has 3 rings (SSSR count). The fourth-order valence-electron chi connectivity index (χ4n) is 3.09. The predicted octanol–water partition coefficient (Wildman–Crippen LogP) is 1.49. The number of piperidine rings is 1. The Kier molecular flexibility index (Phi) is 4.11. The van der Waals surface area contributed by atoms with Gasteiger partial charge < -0.3 is 4.90 Å². The van der Waals surface area contributed by atoms with E-state index in [4.69, 9.17) is 0 Å². The van der Waals surface area contributed by atoms with Crippen LogP contribution in [0.4, 0.5) is 5.95 Å². The maximum Gasteiger partial charge on any atom is 0.225 e. The molecule has 1 saturated heterocycles. The minimum absolute atomic E-state index is 0.0174. The number of rotatable bonds is 4. The van der Waals surface area contributed by atoms with Crippen LogP contribution in [0.2, 0.25) is 0 Å². The molecule has 1 aliphatic carbocycles. The number of likely N-dealkylation sites (N-methyl/N-ethyl adjacent to an activating group) is 1. The van der Waals surface area contributed by atoms with E-state index in [0.717, 1.165) is 49.6 Å². The summed E-state index contributed by atoms with van der Waals surface area (Å²) in [5, 5.41) is -0.148. The molecule has 2 heterocycles. The molecule has 1 aromatic heterocycles. The van der Waals surface area contributed by atoms with Crippen molar-refractivity contribution in [2.45, 2.75) is 50.8 Å². The molecule has 2 fully saturated rings. The Morgan fingerprint density at radius 2 is 1.82 bits per heavy atom. The molecular formula is C15H24N4O2S. The highest BCUT2D eigenvalue weighted by Crippen LogP contribution is 2.32. The monoisotopic (exact) mass is 324 g/mol. The quantitative estimate of drug-likeness (QED) is 0.839. The van der Waals surface area contributed by atoms with Crippen LogP contribution in [0.3, 0.4) is 0 Å². The third kappa shape index (κ3) is 3.10. The standard InChI is InChI=1S/C15H24N4O2S/c1-11-9-12(2)17-15(16-11)19-8-4-5-13(10-19)18(3)22(20,21)14-6-7-14/h9,13-14H,4-8,10H2,1-3H3. The molecule has 1 atom stereocenters. The van der Waals surface area contributed by atoms with Crippen molar-refractivity contribution in [3.8, 4) is 0 Å². The van der Waals surface area contributed by atoms with Crippen molar-refractivity contribution in [2.75, 3.05) is 25.0 Å². The minimum atomic E-state index is -3.12. The van der Waals surface area contributed by atoms with Gasteiger partial charge in [0.05, 0.1) is 5.25 Å². The maximum absolute atomic E-state index is 12.4. The fourth-order valence-corrected chi connectivity index (χ4v) is 4.88. The summed E-state index contributed by atoms with van der Waals surface area (Å²) in [7, 11) is -1.40. The van der Waals surface area contributed by atoms with Crippen LogP contribution in [-0.2, 0) is 10.0 Å². The first-order valence-corrected chi connectivity index (χ1v) is 9.42. The second-order valence-corrected chi connectivity index (χ2v) is 8.73. The van der Waals surface area contributed by atoms with Gasteiger partial charge in [-0.25, -0.2) is 18.4 Å². The number of aromatic nitrogens is 2. The van der Waals surface area contributed by atoms with E-state index >= 15 is 0 Å². The summed E-state index contributed by atoms with van der Waals surface area (Å²) in [6.07, 6.45) is 3.49. The van der Waals surface area contributed by atoms with Gasteiger partial charge in [-0.3, -0.25) is 0 Å². The summed E-state index contributed by atoms with van der Waals surface area (Å²) >= 11 is 0. The van der Waals surface area contributed by atoms with Crippen LogP contribution >= 0.6 is 0 Å². The van der Waals surface area contributed by atoms with E-state index in [1.165, 1.54) is 0 Å². The highest BCUT2D eigenvalue weighted by Gasteiger charge is 2.41. The zero-order chi connectivity index (χ0) is 15.9. The SMILES string of the molecule is Cc1cc(C)nc(N2CCCC(N(C)S(=O)(=O)C3CC3)C2)n1. The molecule has 0 amide bonds. The van der Waals surface area contributed by atoms with Gasteiger partial charge in [0.2, 0.25) is 16.0 Å². The first kappa shape index (κ1) is 15.7. The number of nitrogens with zero attached hydrogens (tertiary/aromatic N) is 4. The largest absolute Gasteiger partial charge is 0.339 e. The molecule has 0 radical (unpaired) electrons. The van der Waals surface area contributed by atoms with Crippen LogP contribution in [-0.4, -0.2) is 54.1 Å². The van der Waals surface area contributed by atoms with Gasteiger partial charge in [-0.15, -0.1) is 0 Å². The Morgan fingerprint density at radius 1 is 1.18 bits per heavy atom. The van der Waals surface area contributed by atoms with E-state index < -0.39 is 10.0 Å². The molecule has 6 nitrogen and oxygen atoms in total. The Hall–Kier alpha value is -1.21. The molecule has 1 saturated carbocycles. The average Bonchev–Trinajstić information content (AvgIpc) is 3.30. The fraction of sp³-hybridized carbons (Fsp3) is 0.733. The summed E-state index contributed by atoms with van der Waals surface area (Å²) in [5.74, 6) is 0.722. The van der Waals surface area contributed by atoms with Gasteiger partial charge in [-0.1, -0.05) is 0 Å². The average molecular weight is 324 g/mol. The van der Waals surface area contributed by atoms with Crippen LogP contribution in [0.1, 0.15) is 37.1 Å². The molecule has 0 N–H and O–H groups in total. The second-order valence-electron chi connectivity index (χ2n) is 6.45. The molecule has 1 aromatic rings. The van der Waals surface area contributed by atoms with Crippen molar-refractivity contribution >= 4 is 16.0 Å². The minimum Gasteiger partial charge on any atom is -0.339 e. The number of hydrogen-bond acceptors (Lipinski definition) is 5. The number of sulfonamides is 1. The van der Waals surface area contributed by atoms with Crippen molar-refractivity contribution < 1.29 is 8.42 Å². The van der Waals surface area contributed by atoms with E-state index in [1.54, 1.807) is 11.4 Å². The van der Waals surface area contributed by atoms with Gasteiger partial charge in [0.1, 0.15) is 0 Å². The maximum atomic E-state index is 12.4. The third-order valence-corrected chi connectivity index (χ3v) is 6.93. The molecule has 1 aliphatic heterocycles. The van der Waals surface area contributed by atoms with E-state index in [9.17, 15) is 8.42 Å². The van der Waals surface area contributed by atoms with Crippen molar-refractivity contribution in [3.63, 3.8) is 0 Å². The van der Waals surface area contributed by atoms with Crippen molar-refractivity contribution in [2.24, 2.45) is 0 Å². The summed E-state index contributed by atoms with van der Waals surface area (Å²) in [6, 6.07) is 1.97. The Labute approximate surface area is 132 Å². The summed E-state index contributed by atoms with van der Waals surface area (Å²) in [6.45, 7) is 5.48. The van der Waals surface area contributed by atoms with Crippen molar-refractivity contribution in [1.29, 1.82) is 0 Å². The zero-order valence-corrected chi connectivity index (χ0v) is 14.3. The molecule has 0 aromatic carbocycles. The lowest BCUT2D eigenvalue weighted by Gasteiger charge is -2.37. The normalized spacial score (nSPS) is 23.1. The smallest absolute Gasteiger partial charge is 0.225 e. The summed E-state index contributed by atoms with van der Waals surface area (Å²) in [5.41, 5.74) is 1.90. The van der Waals surface area contributed by atoms with Crippen LogP contribution < -0.4 is 4.90 Å². The molecule has 0 spiro atoms. The van der Waals surface area contributed by atoms with Crippen LogP contribution in [0, 0.1) is 13.8 Å². The van der Waals surface area contributed by atoms with Crippen LogP contribution in [0.15, 0.2) is 6.07 Å². The van der Waals surface area contributed by atoms with E-state index in [0.29, 0.717) is 6.54 Å². The van der Waals surface area contributed by atoms with E-state index in [-0.39, 0.29) is 11.3 Å². The molecule has 2 aliphatic rings. The van der Waals surface area contributed by atoms with Gasteiger partial charge in [0.25, 0.3) is 0 Å². The topological polar surface area (TPSA) is 66.4 Å². The first-order chi connectivity index (χ1) is 10.4. The lowest BCUT2D eigenvalue weighted by atomic mass is 10.1. The van der Waals surface area contributed by atoms with Crippen LogP contribution in [0.5, 0.6) is 0 Å². The van der Waals surface area contributed by atoms with Gasteiger partial charge in [0.15, 0.2) is 0 Å². The molecule has 1 unspecified atom stereocenters. The van der Waals surface area contributed by atoms with Crippen LogP contribution in [0.25, 0.3) is 0 Å². The van der Waals surface area contributed by atoms with Crippen molar-refractivity contribution in [1.82, 2.24) is 14.3 Å². The second kappa shape index (κ2) is 5.77. The lowest BCUT2D eigenvalue weighted by molar-refractivity contribution is 0.318. The van der Waals surface area contributed by atoms with Gasteiger partial charge in [0, 0.05) is 37.6 Å². The molecular weight excluding hydrogens is 300 g/mol. The zero-order valence-electron chi connectivity index (χ0n) is 13.5. The lowest BCUT2D eigenvalue weighted by Crippen LogP contribution is -2.49. The third-order valence-electron chi connectivity index (χ3n) is 4.51. The Bertz CT molecular complexity index is 637. The van der Waals surface area contributed by atoms with Gasteiger partial charge >= 0.3 is 0 Å². The summed E-state index contributed by atoms with van der Waals surface area (Å²) in [4.78, 5) is 11.1. The number of anilines is 1. The Morgan fingerprint density at radius 3 is 2.41 bits per heavy atom. The first-order valence-electron chi connectivity index (χ1n) is 7.92. The van der Waals surface area contributed by atoms with Gasteiger partial charge in [-0.05, 0) is 45.6 Å². The molecule has 7 heteroatoms. The predicted molar refractivity (Wildman–Crippen MR) is 86.4 cm³/mol. The Balaban J connectivity index is 1.76. The van der Waals surface area contributed by atoms with E-state index in [1.807, 2.05) is 19.9 Å². The van der Waals surface area contributed by atoms with Gasteiger partial charge in [-0.2, -0.15) is 4.31 Å². The highest BCUT2D eigenvalue weighted by molar-refractivity contribution is 7.90. The number of hydrogen-bond donors (Lipinski definition) is 0. The molecule has 0 bridgehead atoms. The number of aryl methyl sites for hydroxylation is 2. The highest BCUT2D eigenvalue weighted by atomic mass is 32.2. The summed E-state index contributed by atoms with van der Waals surface area (Å²) < 4.78 is 26.4. The molecule has 22 heavy (non-hydrogen) atoms. The van der Waals surface area contributed by atoms with E-state index in [2.05, 4.69) is 14.9 Å². The van der Waals surface area contributed by atoms with Crippen molar-refractivity contribution in [3.05, 3.63) is 17.5 Å².